The number of piperidine rings is 1. The van der Waals surface area contributed by atoms with Crippen LogP contribution in [0.2, 0.25) is 0 Å². The lowest BCUT2D eigenvalue weighted by Crippen LogP contribution is -2.61. The van der Waals surface area contributed by atoms with Gasteiger partial charge in [0, 0.05) is 44.9 Å². The maximum absolute atomic E-state index is 13.5. The van der Waals surface area contributed by atoms with Crippen molar-refractivity contribution in [3.8, 4) is 0 Å². The molecular formula is C50H78NO11-. The lowest BCUT2D eigenvalue weighted by atomic mass is 9.80. The molecule has 2 heterocycles. The average molecular weight is 869 g/mol. The van der Waals surface area contributed by atoms with E-state index in [1.54, 1.807) is 27.0 Å². The second-order valence-electron chi connectivity index (χ2n) is 18.9. The molecule has 2 aliphatic heterocycles. The molecule has 2 N–H and O–H groups in total. The van der Waals surface area contributed by atoms with Crippen molar-refractivity contribution < 1.29 is 53.5 Å². The lowest BCUT2D eigenvalue weighted by Gasteiger charge is -2.42. The van der Waals surface area contributed by atoms with Crippen molar-refractivity contribution in [3.05, 3.63) is 47.6 Å². The number of hydrogen-bond acceptors (Lipinski definition) is 11. The van der Waals surface area contributed by atoms with Crippen LogP contribution in [0.25, 0.3) is 0 Å². The van der Waals surface area contributed by atoms with Crippen LogP contribution < -0.4 is 5.11 Å². The second-order valence-corrected chi connectivity index (χ2v) is 18.9. The minimum Gasteiger partial charge on any atom is -0.548 e. The molecule has 62 heavy (non-hydrogen) atoms. The summed E-state index contributed by atoms with van der Waals surface area (Å²) in [5, 5.41) is 34.1. The number of carboxylic acids is 1. The van der Waals surface area contributed by atoms with Gasteiger partial charge in [-0.05, 0) is 114 Å². The van der Waals surface area contributed by atoms with Crippen molar-refractivity contribution in [2.45, 2.75) is 181 Å². The number of likely N-dealkylation sites (tertiary alicyclic amines) is 1. The Kier molecular flexibility index (Phi) is 22.1. The lowest BCUT2D eigenvalue weighted by molar-refractivity contribution is -0.312. The highest BCUT2D eigenvalue weighted by Gasteiger charge is 2.52. The predicted molar refractivity (Wildman–Crippen MR) is 237 cm³/mol. The number of ether oxygens (including phenoxy) is 3. The Labute approximate surface area is 371 Å². The quantitative estimate of drug-likeness (QED) is 0.0592. The Balaban J connectivity index is 1.44. The van der Waals surface area contributed by atoms with Crippen molar-refractivity contribution in [3.63, 3.8) is 0 Å². The van der Waals surface area contributed by atoms with E-state index in [1.807, 2.05) is 58.1 Å². The summed E-state index contributed by atoms with van der Waals surface area (Å²) < 4.78 is 17.0. The topological polar surface area (TPSA) is 180 Å². The largest absolute Gasteiger partial charge is 0.548 e. The third kappa shape index (κ3) is 15.8. The molecule has 12 heteroatoms. The monoisotopic (exact) mass is 869 g/mol. The standard InChI is InChI=1S/C50H79NO11/c1-32(21-24-40-25-23-38(7)50(59,62-40)47(55)48(56)51-27-14-13-20-42(51)49(57)58)16-11-10-12-17-33(2)28-36(5)44(53)46(61-9)45(54)37(6)30-35(4)43(52)26-22-34(3)29-39-18-15-19-41(31-39)60-8/h10-12,16-17,30,33-36,38-42,45-46,54,59H,13-15,18-29,31H2,1-9H3,(H,57,58)/p-1/b11-10+,17-12+,32-16+,37-30+/t33-,34+,35-,36?,38-,39?,40-,41+,42?,45+,46+,50-/m1/s1. The number of rotatable bonds is 24. The van der Waals surface area contributed by atoms with Gasteiger partial charge in [0.05, 0.1) is 24.2 Å². The van der Waals surface area contributed by atoms with Gasteiger partial charge in [-0.1, -0.05) is 89.5 Å². The zero-order chi connectivity index (χ0) is 46.1. The van der Waals surface area contributed by atoms with Crippen molar-refractivity contribution >= 4 is 29.2 Å². The van der Waals surface area contributed by atoms with Crippen LogP contribution in [-0.2, 0) is 38.2 Å². The van der Waals surface area contributed by atoms with Crippen LogP contribution in [0.4, 0.5) is 0 Å². The number of hydrogen-bond donors (Lipinski definition) is 2. The molecule has 3 rings (SSSR count). The first kappa shape index (κ1) is 53.1. The van der Waals surface area contributed by atoms with E-state index in [2.05, 4.69) is 6.92 Å². The van der Waals surface area contributed by atoms with Gasteiger partial charge in [-0.2, -0.15) is 0 Å². The molecule has 3 unspecified atom stereocenters. The van der Waals surface area contributed by atoms with E-state index in [0.717, 1.165) is 36.2 Å². The number of aliphatic hydroxyl groups excluding tert-OH is 1. The Morgan fingerprint density at radius 3 is 2.34 bits per heavy atom. The summed E-state index contributed by atoms with van der Waals surface area (Å²) >= 11 is 0. The van der Waals surface area contributed by atoms with Crippen LogP contribution in [0.5, 0.6) is 0 Å². The molecule has 3 fully saturated rings. The summed E-state index contributed by atoms with van der Waals surface area (Å²) in [5.74, 6) is -6.18. The number of methoxy groups -OCH3 is 2. The number of carbonyl (C=O) groups excluding carboxylic acids is 5. The van der Waals surface area contributed by atoms with Crippen LogP contribution in [0.3, 0.4) is 0 Å². The molecule has 0 aromatic heterocycles. The molecule has 0 bridgehead atoms. The second kappa shape index (κ2) is 25.9. The number of Topliss-reactive ketones (excluding diaryl/α,β-unsaturated/α-hetero) is 3. The highest BCUT2D eigenvalue weighted by molar-refractivity contribution is 6.39. The summed E-state index contributed by atoms with van der Waals surface area (Å²) in [6.45, 7) is 13.4. The predicted octanol–water partition coefficient (Wildman–Crippen LogP) is 6.80. The number of amides is 1. The Bertz CT molecular complexity index is 1620. The van der Waals surface area contributed by atoms with E-state index in [0.29, 0.717) is 74.9 Å². The maximum atomic E-state index is 13.5. The molecule has 1 aliphatic carbocycles. The van der Waals surface area contributed by atoms with Crippen LogP contribution in [-0.4, -0.2) is 101 Å². The first-order valence-corrected chi connectivity index (χ1v) is 23.3. The van der Waals surface area contributed by atoms with Crippen molar-refractivity contribution in [1.82, 2.24) is 4.90 Å². The first-order chi connectivity index (χ1) is 29.3. The fourth-order valence-corrected chi connectivity index (χ4v) is 9.49. The highest BCUT2D eigenvalue weighted by Crippen LogP contribution is 2.36. The number of carboxylic acid groups (broad SMARTS) is 1. The van der Waals surface area contributed by atoms with Gasteiger partial charge in [0.15, 0.2) is 5.78 Å². The molecule has 0 aromatic rings. The fourth-order valence-electron chi connectivity index (χ4n) is 9.49. The average Bonchev–Trinajstić information content (AvgIpc) is 3.25. The van der Waals surface area contributed by atoms with Crippen LogP contribution in [0.1, 0.15) is 145 Å². The Morgan fingerprint density at radius 2 is 1.66 bits per heavy atom. The molecule has 12 atom stereocenters. The van der Waals surface area contributed by atoms with Crippen molar-refractivity contribution in [2.75, 3.05) is 20.8 Å². The van der Waals surface area contributed by atoms with E-state index in [9.17, 15) is 39.3 Å². The summed E-state index contributed by atoms with van der Waals surface area (Å²) in [6.07, 6.45) is 20.5. The molecule has 0 spiro atoms. The summed E-state index contributed by atoms with van der Waals surface area (Å²) in [4.78, 5) is 65.6. The third-order valence-corrected chi connectivity index (χ3v) is 13.6. The fraction of sp³-hybridized carbons (Fsp3) is 0.740. The maximum Gasteiger partial charge on any atom is 0.296 e. The van der Waals surface area contributed by atoms with E-state index >= 15 is 0 Å². The molecular weight excluding hydrogens is 791 g/mol. The summed E-state index contributed by atoms with van der Waals surface area (Å²) in [7, 11) is 3.21. The minimum atomic E-state index is -2.32. The zero-order valence-electron chi connectivity index (χ0n) is 39.1. The van der Waals surface area contributed by atoms with Crippen molar-refractivity contribution in [2.24, 2.45) is 35.5 Å². The molecule has 3 aliphatic rings. The van der Waals surface area contributed by atoms with Gasteiger partial charge in [-0.25, -0.2) is 0 Å². The van der Waals surface area contributed by atoms with Gasteiger partial charge in [-0.15, -0.1) is 0 Å². The molecule has 1 amide bonds. The number of nitrogens with zero attached hydrogens (tertiary/aromatic N) is 1. The number of allylic oxidation sites excluding steroid dienone is 7. The van der Waals surface area contributed by atoms with E-state index in [4.69, 9.17) is 14.2 Å². The van der Waals surface area contributed by atoms with Crippen LogP contribution in [0, 0.1) is 35.5 Å². The smallest absolute Gasteiger partial charge is 0.296 e. The number of ketones is 3. The van der Waals surface area contributed by atoms with Gasteiger partial charge in [0.25, 0.3) is 11.7 Å². The van der Waals surface area contributed by atoms with E-state index < -0.39 is 53.7 Å². The SMILES string of the molecule is CO[C@H]1CCCC(C[C@@H](C)CCC(=O)[C@H](C)/C=C(\C)[C@H](O)[C@@H](OC)C(=O)C(C)C[C@H](C)/C=C/C=C/C=C(\C)CC[C@@H]2CC[C@@H](C)[C@](O)(C(=O)C(=O)N3CCCCC3C(=O)[O-])O2)C1. The number of aliphatic carboxylic acids is 1. The highest BCUT2D eigenvalue weighted by atomic mass is 16.6. The van der Waals surface area contributed by atoms with Gasteiger partial charge >= 0.3 is 0 Å². The van der Waals surface area contributed by atoms with Crippen LogP contribution >= 0.6 is 0 Å². The summed E-state index contributed by atoms with van der Waals surface area (Å²) in [6, 6.07) is -1.20. The number of carbonyl (C=O) groups is 5. The molecule has 350 valence electrons. The molecule has 0 aromatic carbocycles. The molecule has 0 radical (unpaired) electrons. The van der Waals surface area contributed by atoms with Gasteiger partial charge in [-0.3, -0.25) is 19.2 Å². The Hall–Kier alpha value is -3.29. The van der Waals surface area contributed by atoms with E-state index in [-0.39, 0.29) is 42.3 Å². The van der Waals surface area contributed by atoms with Gasteiger partial charge < -0.3 is 39.2 Å². The summed E-state index contributed by atoms with van der Waals surface area (Å²) in [5.41, 5.74) is 1.60. The normalized spacial score (nSPS) is 28.3. The minimum absolute atomic E-state index is 0.0651. The van der Waals surface area contributed by atoms with Crippen molar-refractivity contribution in [1.29, 1.82) is 0 Å². The molecule has 12 nitrogen and oxygen atoms in total. The van der Waals surface area contributed by atoms with Gasteiger partial charge in [0.1, 0.15) is 18.0 Å². The number of aliphatic hydroxyl groups is 2. The Morgan fingerprint density at radius 1 is 0.935 bits per heavy atom. The van der Waals surface area contributed by atoms with E-state index in [1.165, 1.54) is 20.0 Å². The third-order valence-electron chi connectivity index (χ3n) is 13.6. The zero-order valence-corrected chi connectivity index (χ0v) is 39.1. The first-order valence-electron chi connectivity index (χ1n) is 23.3. The van der Waals surface area contributed by atoms with Crippen LogP contribution in [0.15, 0.2) is 47.6 Å². The van der Waals surface area contributed by atoms with Gasteiger partial charge in [0.2, 0.25) is 5.79 Å². The molecule has 2 saturated heterocycles. The molecule has 1 saturated carbocycles.